The molecule has 92 valence electrons. The molecule has 17 heavy (non-hydrogen) atoms. The van der Waals surface area contributed by atoms with E-state index in [1.165, 1.54) is 0 Å². The van der Waals surface area contributed by atoms with Crippen LogP contribution in [0.3, 0.4) is 0 Å². The standard InChI is InChI=1S/C12H15NO3S/c1-7-3-4-9(5-8(7)2)11(14)13-10(6-17)12(15)16/h3-5,10,17H,6H2,1-2H3,(H,13,14)(H,15,16). The molecule has 0 spiro atoms. The second kappa shape index (κ2) is 5.72. The summed E-state index contributed by atoms with van der Waals surface area (Å²) >= 11 is 3.88. The number of thiol groups is 1. The lowest BCUT2D eigenvalue weighted by Gasteiger charge is -2.12. The predicted octanol–water partition coefficient (Wildman–Crippen LogP) is 1.42. The predicted molar refractivity (Wildman–Crippen MR) is 68.7 cm³/mol. The second-order valence-corrected chi connectivity index (χ2v) is 4.21. The van der Waals surface area contributed by atoms with Crippen molar-refractivity contribution >= 4 is 24.5 Å². The van der Waals surface area contributed by atoms with Crippen LogP contribution in [0.4, 0.5) is 0 Å². The van der Waals surface area contributed by atoms with Crippen LogP contribution in [0, 0.1) is 13.8 Å². The second-order valence-electron chi connectivity index (χ2n) is 3.85. The summed E-state index contributed by atoms with van der Waals surface area (Å²) in [5.41, 5.74) is 2.54. The zero-order valence-corrected chi connectivity index (χ0v) is 10.6. The molecule has 0 aromatic heterocycles. The van der Waals surface area contributed by atoms with Crippen molar-refractivity contribution in [2.45, 2.75) is 19.9 Å². The van der Waals surface area contributed by atoms with Gasteiger partial charge in [0.1, 0.15) is 6.04 Å². The van der Waals surface area contributed by atoms with Crippen molar-refractivity contribution in [1.29, 1.82) is 0 Å². The number of benzene rings is 1. The minimum absolute atomic E-state index is 0.0614. The average Bonchev–Trinajstić information content (AvgIpc) is 2.28. The summed E-state index contributed by atoms with van der Waals surface area (Å²) in [7, 11) is 0. The van der Waals surface area contributed by atoms with Gasteiger partial charge >= 0.3 is 5.97 Å². The molecule has 2 N–H and O–H groups in total. The van der Waals surface area contributed by atoms with E-state index in [0.29, 0.717) is 5.56 Å². The summed E-state index contributed by atoms with van der Waals surface area (Å²) in [5, 5.41) is 11.2. The fourth-order valence-electron chi connectivity index (χ4n) is 1.31. The minimum Gasteiger partial charge on any atom is -0.480 e. The van der Waals surface area contributed by atoms with Crippen LogP contribution in [0.25, 0.3) is 0 Å². The quantitative estimate of drug-likeness (QED) is 0.711. The Balaban J connectivity index is 2.82. The number of aryl methyl sites for hydroxylation is 2. The molecule has 0 heterocycles. The van der Waals surface area contributed by atoms with Crippen LogP contribution >= 0.6 is 12.6 Å². The maximum absolute atomic E-state index is 11.8. The first-order chi connectivity index (χ1) is 7.95. The maximum Gasteiger partial charge on any atom is 0.327 e. The van der Waals surface area contributed by atoms with Crippen molar-refractivity contribution in [3.63, 3.8) is 0 Å². The van der Waals surface area contributed by atoms with Gasteiger partial charge in [-0.15, -0.1) is 0 Å². The highest BCUT2D eigenvalue weighted by atomic mass is 32.1. The zero-order chi connectivity index (χ0) is 13.0. The number of aliphatic carboxylic acids is 1. The summed E-state index contributed by atoms with van der Waals surface area (Å²) in [4.78, 5) is 22.5. The van der Waals surface area contributed by atoms with E-state index >= 15 is 0 Å². The van der Waals surface area contributed by atoms with Crippen molar-refractivity contribution in [2.75, 3.05) is 5.75 Å². The Hall–Kier alpha value is -1.49. The largest absolute Gasteiger partial charge is 0.480 e. The molecular weight excluding hydrogens is 238 g/mol. The van der Waals surface area contributed by atoms with Gasteiger partial charge < -0.3 is 10.4 Å². The molecule has 0 aliphatic rings. The van der Waals surface area contributed by atoms with E-state index in [4.69, 9.17) is 5.11 Å². The lowest BCUT2D eigenvalue weighted by Crippen LogP contribution is -2.42. The molecule has 1 aromatic rings. The number of hydrogen-bond acceptors (Lipinski definition) is 3. The normalized spacial score (nSPS) is 11.9. The van der Waals surface area contributed by atoms with E-state index in [2.05, 4.69) is 17.9 Å². The smallest absolute Gasteiger partial charge is 0.327 e. The van der Waals surface area contributed by atoms with Gasteiger partial charge in [0, 0.05) is 11.3 Å². The number of carboxylic acids is 1. The van der Waals surface area contributed by atoms with Crippen LogP contribution in [-0.4, -0.2) is 28.8 Å². The summed E-state index contributed by atoms with van der Waals surface area (Å²) in [6, 6.07) is 4.28. The third kappa shape index (κ3) is 3.49. The summed E-state index contributed by atoms with van der Waals surface area (Å²) in [5.74, 6) is -1.42. The summed E-state index contributed by atoms with van der Waals surface area (Å²) in [6.07, 6.45) is 0. The Kier molecular flexibility index (Phi) is 4.57. The van der Waals surface area contributed by atoms with Gasteiger partial charge in [-0.3, -0.25) is 4.79 Å². The van der Waals surface area contributed by atoms with Gasteiger partial charge in [0.25, 0.3) is 5.91 Å². The SMILES string of the molecule is Cc1ccc(C(=O)NC(CS)C(=O)O)cc1C. The Labute approximate surface area is 105 Å². The molecule has 1 rings (SSSR count). The van der Waals surface area contributed by atoms with Crippen molar-refractivity contribution in [1.82, 2.24) is 5.32 Å². The number of carbonyl (C=O) groups is 2. The molecule has 0 aliphatic heterocycles. The monoisotopic (exact) mass is 253 g/mol. The molecule has 1 aromatic carbocycles. The zero-order valence-electron chi connectivity index (χ0n) is 9.73. The highest BCUT2D eigenvalue weighted by Crippen LogP contribution is 2.10. The van der Waals surface area contributed by atoms with Crippen molar-refractivity contribution in [2.24, 2.45) is 0 Å². The van der Waals surface area contributed by atoms with Gasteiger partial charge in [-0.2, -0.15) is 12.6 Å². The van der Waals surface area contributed by atoms with Crippen LogP contribution in [0.1, 0.15) is 21.5 Å². The van der Waals surface area contributed by atoms with Gasteiger partial charge in [0.15, 0.2) is 0 Å². The highest BCUT2D eigenvalue weighted by molar-refractivity contribution is 7.80. The van der Waals surface area contributed by atoms with E-state index in [1.54, 1.807) is 12.1 Å². The summed E-state index contributed by atoms with van der Waals surface area (Å²) in [6.45, 7) is 3.85. The number of carbonyl (C=O) groups excluding carboxylic acids is 1. The minimum atomic E-state index is -1.09. The first kappa shape index (κ1) is 13.6. The molecule has 0 saturated carbocycles. The van der Waals surface area contributed by atoms with Crippen molar-refractivity contribution < 1.29 is 14.7 Å². The number of amides is 1. The van der Waals surface area contributed by atoms with Gasteiger partial charge in [0.05, 0.1) is 0 Å². The van der Waals surface area contributed by atoms with Crippen LogP contribution in [0.2, 0.25) is 0 Å². The van der Waals surface area contributed by atoms with E-state index in [1.807, 2.05) is 19.9 Å². The van der Waals surface area contributed by atoms with E-state index in [0.717, 1.165) is 11.1 Å². The Morgan fingerprint density at radius 1 is 1.35 bits per heavy atom. The molecule has 1 unspecified atom stereocenters. The third-order valence-electron chi connectivity index (χ3n) is 2.56. The number of hydrogen-bond donors (Lipinski definition) is 3. The molecule has 1 amide bonds. The maximum atomic E-state index is 11.8. The Bertz CT molecular complexity index is 445. The Morgan fingerprint density at radius 3 is 2.47 bits per heavy atom. The highest BCUT2D eigenvalue weighted by Gasteiger charge is 2.18. The van der Waals surface area contributed by atoms with E-state index in [9.17, 15) is 9.59 Å². The van der Waals surface area contributed by atoms with Crippen LogP contribution in [-0.2, 0) is 4.79 Å². The van der Waals surface area contributed by atoms with Gasteiger partial charge in [-0.25, -0.2) is 4.79 Å². The molecule has 0 radical (unpaired) electrons. The molecular formula is C12H15NO3S. The van der Waals surface area contributed by atoms with Crippen LogP contribution in [0.5, 0.6) is 0 Å². The van der Waals surface area contributed by atoms with Crippen molar-refractivity contribution in [3.8, 4) is 0 Å². The van der Waals surface area contributed by atoms with Gasteiger partial charge in [-0.05, 0) is 37.1 Å². The van der Waals surface area contributed by atoms with Crippen LogP contribution < -0.4 is 5.32 Å². The van der Waals surface area contributed by atoms with E-state index < -0.39 is 17.9 Å². The number of rotatable bonds is 4. The van der Waals surface area contributed by atoms with Gasteiger partial charge in [0.2, 0.25) is 0 Å². The average molecular weight is 253 g/mol. The van der Waals surface area contributed by atoms with E-state index in [-0.39, 0.29) is 5.75 Å². The fraction of sp³-hybridized carbons (Fsp3) is 0.333. The lowest BCUT2D eigenvalue weighted by atomic mass is 10.1. The molecule has 4 nitrogen and oxygen atoms in total. The van der Waals surface area contributed by atoms with Crippen molar-refractivity contribution in [3.05, 3.63) is 34.9 Å². The first-order valence-corrected chi connectivity index (χ1v) is 5.80. The number of nitrogens with one attached hydrogen (secondary N) is 1. The molecule has 5 heteroatoms. The topological polar surface area (TPSA) is 66.4 Å². The number of carboxylic acid groups (broad SMARTS) is 1. The molecule has 0 fully saturated rings. The van der Waals surface area contributed by atoms with Gasteiger partial charge in [-0.1, -0.05) is 6.07 Å². The third-order valence-corrected chi connectivity index (χ3v) is 2.92. The Morgan fingerprint density at radius 2 is 2.00 bits per heavy atom. The molecule has 0 aliphatic carbocycles. The summed E-state index contributed by atoms with van der Waals surface area (Å²) < 4.78 is 0. The first-order valence-electron chi connectivity index (χ1n) is 5.17. The fourth-order valence-corrected chi connectivity index (χ4v) is 1.56. The lowest BCUT2D eigenvalue weighted by molar-refractivity contribution is -0.138. The molecule has 0 bridgehead atoms. The molecule has 0 saturated heterocycles. The van der Waals surface area contributed by atoms with Crippen LogP contribution in [0.15, 0.2) is 18.2 Å². The molecule has 1 atom stereocenters.